The molecule has 0 saturated heterocycles. The maximum absolute atomic E-state index is 13.0. The molecule has 0 saturated carbocycles. The van der Waals surface area contributed by atoms with Crippen molar-refractivity contribution in [2.75, 3.05) is 0 Å². The van der Waals surface area contributed by atoms with Gasteiger partial charge in [-0.25, -0.2) is 0 Å². The van der Waals surface area contributed by atoms with Gasteiger partial charge in [0.05, 0.1) is 0 Å². The third-order valence-corrected chi connectivity index (χ3v) is 9.76. The Morgan fingerprint density at radius 2 is 0.825 bits per heavy atom. The average molecular weight is 610 g/mol. The van der Waals surface area contributed by atoms with E-state index in [1.165, 1.54) is 18.2 Å². The fourth-order valence-electron chi connectivity index (χ4n) is 4.46. The van der Waals surface area contributed by atoms with E-state index in [9.17, 15) is 14.4 Å². The standard InChI is InChI=1S/3C10H15NO2.Ga/c3*1-3-4-6-11-7-5-9(12)10(13)8(11)2;/h3*5,7,13H,3-4,6H2,1-2H3;/q;;;+3/p-3. The number of hydrogen-bond acceptors (Lipinski definition) is 6. The Morgan fingerprint density at radius 1 is 0.550 bits per heavy atom. The monoisotopic (exact) mass is 609 g/mol. The fourth-order valence-corrected chi connectivity index (χ4v) is 7.78. The van der Waals surface area contributed by atoms with Crippen LogP contribution in [0.4, 0.5) is 0 Å². The molecule has 0 aliphatic heterocycles. The molecule has 216 valence electrons. The molecule has 3 rings (SSSR count). The number of pyridine rings is 3. The van der Waals surface area contributed by atoms with Crippen LogP contribution in [-0.2, 0) is 19.6 Å². The summed E-state index contributed by atoms with van der Waals surface area (Å²) in [4.78, 5) is 38.9. The van der Waals surface area contributed by atoms with Crippen LogP contribution in [0.2, 0.25) is 0 Å². The van der Waals surface area contributed by atoms with Crippen LogP contribution in [0.1, 0.15) is 76.4 Å². The van der Waals surface area contributed by atoms with E-state index in [1.807, 2.05) is 34.5 Å². The van der Waals surface area contributed by atoms with E-state index in [-0.39, 0.29) is 33.5 Å². The number of nitrogens with zero attached hydrogens (tertiary/aromatic N) is 3. The van der Waals surface area contributed by atoms with Crippen LogP contribution in [0.25, 0.3) is 0 Å². The van der Waals surface area contributed by atoms with Gasteiger partial charge < -0.3 is 0 Å². The number of aromatic nitrogens is 3. The molecule has 0 spiro atoms. The van der Waals surface area contributed by atoms with Crippen LogP contribution in [0.5, 0.6) is 17.2 Å². The van der Waals surface area contributed by atoms with Crippen molar-refractivity contribution in [1.29, 1.82) is 0 Å². The first kappa shape index (κ1) is 31.4. The van der Waals surface area contributed by atoms with Crippen LogP contribution < -0.4 is 26.9 Å². The molecule has 0 atom stereocenters. The predicted octanol–water partition coefficient (Wildman–Crippen LogP) is 5.02. The minimum atomic E-state index is -4.00. The number of rotatable bonds is 15. The number of unbranched alkanes of at least 4 members (excludes halogenated alkanes) is 3. The van der Waals surface area contributed by atoms with Gasteiger partial charge in [0.1, 0.15) is 0 Å². The van der Waals surface area contributed by atoms with Gasteiger partial charge in [-0.3, -0.25) is 0 Å². The summed E-state index contributed by atoms with van der Waals surface area (Å²) < 4.78 is 24.7. The number of aryl methyl sites for hydroxylation is 3. The van der Waals surface area contributed by atoms with Crippen LogP contribution in [0.3, 0.4) is 0 Å². The quantitative estimate of drug-likeness (QED) is 0.225. The van der Waals surface area contributed by atoms with Gasteiger partial charge in [-0.15, -0.1) is 0 Å². The van der Waals surface area contributed by atoms with Crippen LogP contribution in [0, 0.1) is 20.8 Å². The first-order chi connectivity index (χ1) is 19.2. The zero-order chi connectivity index (χ0) is 29.2. The van der Waals surface area contributed by atoms with Crippen molar-refractivity contribution < 1.29 is 10.6 Å². The molecule has 3 heterocycles. The summed E-state index contributed by atoms with van der Waals surface area (Å²) >= 11 is -4.00. The summed E-state index contributed by atoms with van der Waals surface area (Å²) in [5.74, 6) is 0.384. The van der Waals surface area contributed by atoms with Crippen molar-refractivity contribution in [3.8, 4) is 17.2 Å². The van der Waals surface area contributed by atoms with Crippen LogP contribution >= 0.6 is 0 Å². The molecular weight excluding hydrogens is 568 g/mol. The van der Waals surface area contributed by atoms with Gasteiger partial charge in [-0.05, 0) is 0 Å². The van der Waals surface area contributed by atoms with Crippen molar-refractivity contribution in [3.05, 3.63) is 84.5 Å². The second-order valence-corrected chi connectivity index (χ2v) is 12.8. The molecule has 0 aliphatic carbocycles. The van der Waals surface area contributed by atoms with Gasteiger partial charge in [0.2, 0.25) is 0 Å². The van der Waals surface area contributed by atoms with Crippen LogP contribution in [-0.4, -0.2) is 31.0 Å². The van der Waals surface area contributed by atoms with Gasteiger partial charge in [0.15, 0.2) is 0 Å². The SMILES string of the molecule is CCCCn1ccc(=O)c([O][Ga]([O]c2c(C)n(CCCC)ccc2=O)[O]c2c(C)n(CCCC)ccc2=O)c1C. The Kier molecular flexibility index (Phi) is 11.8. The maximum atomic E-state index is 13.0. The van der Waals surface area contributed by atoms with Crippen molar-refractivity contribution in [3.63, 3.8) is 0 Å². The molecule has 3 aromatic heterocycles. The normalized spacial score (nSPS) is 10.9. The predicted molar refractivity (Wildman–Crippen MR) is 159 cm³/mol. The zero-order valence-corrected chi connectivity index (χ0v) is 27.1. The van der Waals surface area contributed by atoms with Crippen molar-refractivity contribution in [2.45, 2.75) is 99.7 Å². The second-order valence-electron chi connectivity index (χ2n) is 10.1. The van der Waals surface area contributed by atoms with E-state index in [0.717, 1.165) is 58.2 Å². The number of hydrogen-bond donors (Lipinski definition) is 0. The summed E-state index contributed by atoms with van der Waals surface area (Å²) in [6.45, 7) is 14.0. The molecule has 3 aromatic rings. The van der Waals surface area contributed by atoms with Gasteiger partial charge in [0.25, 0.3) is 0 Å². The molecule has 0 aromatic carbocycles. The topological polar surface area (TPSA) is 93.7 Å². The molecule has 0 fully saturated rings. The average Bonchev–Trinajstić information content (AvgIpc) is 2.93. The van der Waals surface area contributed by atoms with E-state index < -0.39 is 17.3 Å². The third kappa shape index (κ3) is 7.75. The van der Waals surface area contributed by atoms with Crippen molar-refractivity contribution in [2.24, 2.45) is 0 Å². The Hall–Kier alpha value is -3.11. The first-order valence-corrected chi connectivity index (χ1v) is 17.3. The summed E-state index contributed by atoms with van der Waals surface area (Å²) in [5.41, 5.74) is 1.05. The second kappa shape index (κ2) is 15.0. The zero-order valence-electron chi connectivity index (χ0n) is 24.7. The van der Waals surface area contributed by atoms with Crippen molar-refractivity contribution in [1.82, 2.24) is 13.7 Å². The van der Waals surface area contributed by atoms with Gasteiger partial charge in [-0.1, -0.05) is 0 Å². The summed E-state index contributed by atoms with van der Waals surface area (Å²) in [6, 6.07) is 4.40. The van der Waals surface area contributed by atoms with Gasteiger partial charge in [0, 0.05) is 0 Å². The van der Waals surface area contributed by atoms with Gasteiger partial charge >= 0.3 is 243 Å². The van der Waals surface area contributed by atoms with Crippen molar-refractivity contribution >= 4 is 17.3 Å². The van der Waals surface area contributed by atoms with E-state index in [1.54, 1.807) is 18.6 Å². The Morgan fingerprint density at radius 3 is 1.07 bits per heavy atom. The van der Waals surface area contributed by atoms with Gasteiger partial charge in [-0.2, -0.15) is 0 Å². The Labute approximate surface area is 242 Å². The molecule has 0 radical (unpaired) electrons. The molecule has 0 bridgehead atoms. The molecule has 0 unspecified atom stereocenters. The fraction of sp³-hybridized carbons (Fsp3) is 0.500. The Balaban J connectivity index is 2.08. The van der Waals surface area contributed by atoms with Crippen LogP contribution in [0.15, 0.2) is 51.2 Å². The first-order valence-electron chi connectivity index (χ1n) is 14.3. The van der Waals surface area contributed by atoms with E-state index >= 15 is 0 Å². The molecule has 0 amide bonds. The molecule has 9 nitrogen and oxygen atoms in total. The molecule has 0 aliphatic rings. The molecule has 10 heteroatoms. The van der Waals surface area contributed by atoms with E-state index in [0.29, 0.717) is 17.1 Å². The summed E-state index contributed by atoms with van der Waals surface area (Å²) in [7, 11) is 0. The molecular formula is C30H42GaN3O6. The third-order valence-electron chi connectivity index (χ3n) is 7.07. The molecule has 40 heavy (non-hydrogen) atoms. The van der Waals surface area contributed by atoms with E-state index in [4.69, 9.17) is 10.6 Å². The van der Waals surface area contributed by atoms with E-state index in [2.05, 4.69) is 20.8 Å². The summed E-state index contributed by atoms with van der Waals surface area (Å²) in [6.07, 6.45) is 11.1. The molecule has 0 N–H and O–H groups in total. The summed E-state index contributed by atoms with van der Waals surface area (Å²) in [5, 5.41) is 0. The Bertz CT molecular complexity index is 1280. The minimum absolute atomic E-state index is 0.128.